The number of hydrogen-bond donors (Lipinski definition) is 2. The van der Waals surface area contributed by atoms with Crippen molar-refractivity contribution < 1.29 is 14.3 Å². The molecule has 131 valence electrons. The number of methoxy groups -OCH3 is 2. The molecule has 1 radical (unpaired) electrons. The molecule has 7 nitrogen and oxygen atoms in total. The molecule has 0 aliphatic rings. The number of nitrogens with two attached hydrogens (primary N) is 1. The molecule has 0 saturated heterocycles. The fraction of sp³-hybridized carbons (Fsp3) is 0.105. The van der Waals surface area contributed by atoms with Crippen molar-refractivity contribution in [1.82, 2.24) is 9.97 Å². The molecule has 0 atom stereocenters. The van der Waals surface area contributed by atoms with E-state index in [-0.39, 0.29) is 11.6 Å². The third-order valence-electron chi connectivity index (χ3n) is 3.62. The summed E-state index contributed by atoms with van der Waals surface area (Å²) in [6, 6.07) is 13.4. The lowest BCUT2D eigenvalue weighted by Crippen LogP contribution is -2.14. The highest BCUT2D eigenvalue weighted by molar-refractivity contribution is 6.02. The molecular weight excluding hydrogens is 332 g/mol. The van der Waals surface area contributed by atoms with Gasteiger partial charge in [0.25, 0.3) is 5.91 Å². The van der Waals surface area contributed by atoms with Gasteiger partial charge in [-0.15, -0.1) is 0 Å². The molecule has 3 N–H and O–H groups in total. The first-order chi connectivity index (χ1) is 12.6. The summed E-state index contributed by atoms with van der Waals surface area (Å²) in [5.41, 5.74) is 8.27. The molecule has 0 bridgehead atoms. The Hall–Kier alpha value is -3.61. The van der Waals surface area contributed by atoms with Crippen LogP contribution in [-0.2, 0) is 0 Å². The quantitative estimate of drug-likeness (QED) is 0.687. The second kappa shape index (κ2) is 7.52. The normalized spacial score (nSPS) is 10.2. The van der Waals surface area contributed by atoms with Gasteiger partial charge in [0.1, 0.15) is 5.69 Å². The van der Waals surface area contributed by atoms with Crippen molar-refractivity contribution in [3.8, 4) is 22.8 Å². The molecular formula is C19H17N4O3. The minimum atomic E-state index is -0.382. The monoisotopic (exact) mass is 349 g/mol. The number of benzene rings is 2. The Balaban J connectivity index is 1.76. The maximum Gasteiger partial charge on any atom is 0.275 e. The molecule has 1 aromatic heterocycles. The number of nitrogen functional groups attached to an aromatic ring is 1. The lowest BCUT2D eigenvalue weighted by atomic mass is 10.1. The number of nitrogens with zero attached hydrogens (tertiary/aromatic N) is 2. The van der Waals surface area contributed by atoms with E-state index in [0.29, 0.717) is 34.1 Å². The van der Waals surface area contributed by atoms with Gasteiger partial charge in [0.05, 0.1) is 32.3 Å². The van der Waals surface area contributed by atoms with Crippen LogP contribution < -0.4 is 20.5 Å². The van der Waals surface area contributed by atoms with Crippen LogP contribution in [0.2, 0.25) is 0 Å². The maximum atomic E-state index is 12.4. The predicted octanol–water partition coefficient (Wildman–Crippen LogP) is 2.80. The average Bonchev–Trinajstić information content (AvgIpc) is 2.68. The van der Waals surface area contributed by atoms with Crippen LogP contribution in [0.3, 0.4) is 0 Å². The minimum absolute atomic E-state index is 0.187. The van der Waals surface area contributed by atoms with Crippen LogP contribution in [0, 0.1) is 6.07 Å². The molecule has 0 unspecified atom stereocenters. The highest BCUT2D eigenvalue weighted by Crippen LogP contribution is 2.29. The van der Waals surface area contributed by atoms with Gasteiger partial charge in [-0.05, 0) is 18.2 Å². The van der Waals surface area contributed by atoms with Crippen LogP contribution in [0.15, 0.2) is 48.8 Å². The summed E-state index contributed by atoms with van der Waals surface area (Å²) >= 11 is 0. The molecule has 3 aromatic rings. The van der Waals surface area contributed by atoms with Gasteiger partial charge in [-0.3, -0.25) is 9.78 Å². The smallest absolute Gasteiger partial charge is 0.275 e. The maximum absolute atomic E-state index is 12.4. The van der Waals surface area contributed by atoms with Crippen molar-refractivity contribution in [2.24, 2.45) is 0 Å². The van der Waals surface area contributed by atoms with Crippen molar-refractivity contribution in [3.05, 3.63) is 60.6 Å². The number of ether oxygens (including phenoxy) is 2. The molecule has 0 spiro atoms. The molecule has 0 fully saturated rings. The number of hydrogen-bond acceptors (Lipinski definition) is 6. The largest absolute Gasteiger partial charge is 0.493 e. The Morgan fingerprint density at radius 1 is 1.08 bits per heavy atom. The van der Waals surface area contributed by atoms with Crippen LogP contribution in [0.25, 0.3) is 11.3 Å². The van der Waals surface area contributed by atoms with Gasteiger partial charge < -0.3 is 20.5 Å². The first-order valence-electron chi connectivity index (χ1n) is 7.74. The van der Waals surface area contributed by atoms with Crippen molar-refractivity contribution in [2.45, 2.75) is 0 Å². The Labute approximate surface area is 150 Å². The van der Waals surface area contributed by atoms with Crippen LogP contribution in [0.4, 0.5) is 11.4 Å². The molecule has 3 rings (SSSR count). The summed E-state index contributed by atoms with van der Waals surface area (Å²) in [6.45, 7) is 0. The third-order valence-corrected chi connectivity index (χ3v) is 3.62. The first kappa shape index (κ1) is 17.2. The fourth-order valence-corrected chi connectivity index (χ4v) is 2.33. The van der Waals surface area contributed by atoms with Gasteiger partial charge in [-0.1, -0.05) is 12.1 Å². The SMILES string of the molecule is COc1ccc(NC(=O)c2cnc(-c3[c]c(N)ccc3)cn2)cc1OC. The average molecular weight is 349 g/mol. The van der Waals surface area contributed by atoms with Gasteiger partial charge in [0.2, 0.25) is 0 Å². The molecule has 2 aromatic carbocycles. The third kappa shape index (κ3) is 3.72. The van der Waals surface area contributed by atoms with Crippen molar-refractivity contribution >= 4 is 17.3 Å². The fourth-order valence-electron chi connectivity index (χ4n) is 2.33. The number of nitrogens with one attached hydrogen (secondary N) is 1. The molecule has 0 aliphatic heterocycles. The van der Waals surface area contributed by atoms with Gasteiger partial charge in [0, 0.05) is 29.1 Å². The summed E-state index contributed by atoms with van der Waals surface area (Å²) in [5, 5.41) is 2.75. The number of carbonyl (C=O) groups excluding carboxylic acids is 1. The van der Waals surface area contributed by atoms with Crippen LogP contribution in [0.5, 0.6) is 11.5 Å². The highest BCUT2D eigenvalue weighted by Gasteiger charge is 2.11. The lowest BCUT2D eigenvalue weighted by Gasteiger charge is -2.10. The minimum Gasteiger partial charge on any atom is -0.493 e. The number of amides is 1. The Bertz CT molecular complexity index is 926. The van der Waals surface area contributed by atoms with E-state index >= 15 is 0 Å². The van der Waals surface area contributed by atoms with Gasteiger partial charge in [-0.25, -0.2) is 4.98 Å². The zero-order valence-electron chi connectivity index (χ0n) is 14.3. The number of anilines is 2. The standard InChI is InChI=1S/C19H17N4O3/c1-25-17-7-6-14(9-18(17)26-2)23-19(24)16-11-21-15(10-22-16)12-4-3-5-13(20)8-12/h3-7,9-11H,20H2,1-2H3,(H,23,24). The van der Waals surface area contributed by atoms with E-state index in [1.54, 1.807) is 37.4 Å². The highest BCUT2D eigenvalue weighted by atomic mass is 16.5. The molecule has 1 heterocycles. The van der Waals surface area contributed by atoms with E-state index in [9.17, 15) is 4.79 Å². The van der Waals surface area contributed by atoms with Crippen LogP contribution >= 0.6 is 0 Å². The van der Waals surface area contributed by atoms with E-state index in [1.165, 1.54) is 19.5 Å². The van der Waals surface area contributed by atoms with Crippen molar-refractivity contribution in [2.75, 3.05) is 25.3 Å². The van der Waals surface area contributed by atoms with Gasteiger partial charge in [-0.2, -0.15) is 0 Å². The molecule has 1 amide bonds. The molecule has 0 saturated carbocycles. The van der Waals surface area contributed by atoms with E-state index in [4.69, 9.17) is 15.2 Å². The Kier molecular flexibility index (Phi) is 4.98. The van der Waals surface area contributed by atoms with Crippen LogP contribution in [-0.4, -0.2) is 30.1 Å². The second-order valence-electron chi connectivity index (χ2n) is 5.33. The summed E-state index contributed by atoms with van der Waals surface area (Å²) in [4.78, 5) is 20.8. The van der Waals surface area contributed by atoms with E-state index in [1.807, 2.05) is 6.07 Å². The Morgan fingerprint density at radius 3 is 2.54 bits per heavy atom. The van der Waals surface area contributed by atoms with Crippen molar-refractivity contribution in [3.63, 3.8) is 0 Å². The summed E-state index contributed by atoms with van der Waals surface area (Å²) in [7, 11) is 3.08. The van der Waals surface area contributed by atoms with E-state index in [2.05, 4.69) is 21.4 Å². The van der Waals surface area contributed by atoms with E-state index < -0.39 is 0 Å². The molecule has 26 heavy (non-hydrogen) atoms. The van der Waals surface area contributed by atoms with Gasteiger partial charge >= 0.3 is 0 Å². The number of carbonyl (C=O) groups is 1. The van der Waals surface area contributed by atoms with Crippen molar-refractivity contribution in [1.29, 1.82) is 0 Å². The lowest BCUT2D eigenvalue weighted by molar-refractivity contribution is 0.102. The van der Waals surface area contributed by atoms with E-state index in [0.717, 1.165) is 0 Å². The summed E-state index contributed by atoms with van der Waals surface area (Å²) < 4.78 is 10.4. The zero-order chi connectivity index (χ0) is 18.5. The summed E-state index contributed by atoms with van der Waals surface area (Å²) in [5.74, 6) is 0.713. The topological polar surface area (TPSA) is 99.4 Å². The van der Waals surface area contributed by atoms with Crippen LogP contribution in [0.1, 0.15) is 10.5 Å². The molecule has 7 heteroatoms. The second-order valence-corrected chi connectivity index (χ2v) is 5.33. The zero-order valence-corrected chi connectivity index (χ0v) is 14.3. The number of rotatable bonds is 5. The number of aromatic nitrogens is 2. The van der Waals surface area contributed by atoms with Gasteiger partial charge in [0.15, 0.2) is 11.5 Å². The molecule has 0 aliphatic carbocycles. The Morgan fingerprint density at radius 2 is 1.88 bits per heavy atom. The predicted molar refractivity (Wildman–Crippen MR) is 98.2 cm³/mol. The summed E-state index contributed by atoms with van der Waals surface area (Å²) in [6.07, 6.45) is 2.91. The first-order valence-corrected chi connectivity index (χ1v) is 7.74.